The molecule has 3 atom stereocenters. The van der Waals surface area contributed by atoms with E-state index in [1.807, 2.05) is 6.07 Å². The Morgan fingerprint density at radius 3 is 2.90 bits per heavy atom. The van der Waals surface area contributed by atoms with Crippen LogP contribution in [0.2, 0.25) is 0 Å². The number of nitrogens with one attached hydrogen (secondary N) is 1. The number of ether oxygens (including phenoxy) is 2. The molecule has 0 aliphatic carbocycles. The van der Waals surface area contributed by atoms with E-state index in [4.69, 9.17) is 9.47 Å². The third-order valence-electron chi connectivity index (χ3n) is 4.34. The molecule has 1 aliphatic rings. The highest BCUT2D eigenvalue weighted by Crippen LogP contribution is 2.31. The largest absolute Gasteiger partial charge is 0.497 e. The van der Waals surface area contributed by atoms with Crippen molar-refractivity contribution in [3.63, 3.8) is 0 Å². The molecule has 3 unspecified atom stereocenters. The molecule has 1 saturated heterocycles. The monoisotopic (exact) mass is 355 g/mol. The molecule has 0 radical (unpaired) electrons. The van der Waals surface area contributed by atoms with Crippen molar-refractivity contribution in [1.82, 2.24) is 5.32 Å². The van der Waals surface area contributed by atoms with Gasteiger partial charge in [0.2, 0.25) is 0 Å². The minimum atomic E-state index is 0.387. The first kappa shape index (κ1) is 16.8. The van der Waals surface area contributed by atoms with Gasteiger partial charge in [-0.15, -0.1) is 0 Å². The van der Waals surface area contributed by atoms with Gasteiger partial charge in [-0.1, -0.05) is 29.8 Å². The maximum atomic E-state index is 5.88. The van der Waals surface area contributed by atoms with E-state index < -0.39 is 0 Å². The van der Waals surface area contributed by atoms with E-state index in [2.05, 4.69) is 47.2 Å². The molecular weight excluding hydrogens is 330 g/mol. The fraction of sp³-hybridized carbons (Fsp3) is 0.647. The molecular formula is C17H26BrNO2. The van der Waals surface area contributed by atoms with Gasteiger partial charge in [0.05, 0.1) is 13.2 Å². The predicted molar refractivity (Wildman–Crippen MR) is 90.0 cm³/mol. The van der Waals surface area contributed by atoms with Gasteiger partial charge in [0.25, 0.3) is 0 Å². The number of halogens is 1. The van der Waals surface area contributed by atoms with Crippen LogP contribution in [0.15, 0.2) is 22.7 Å². The summed E-state index contributed by atoms with van der Waals surface area (Å²) in [5, 5.41) is 3.66. The Morgan fingerprint density at radius 1 is 1.43 bits per heavy atom. The third-order valence-corrected chi connectivity index (χ3v) is 5.11. The lowest BCUT2D eigenvalue weighted by molar-refractivity contribution is 0.0776. The van der Waals surface area contributed by atoms with E-state index in [9.17, 15) is 0 Å². The number of methoxy groups -OCH3 is 1. The first-order valence-corrected chi connectivity index (χ1v) is 8.66. The van der Waals surface area contributed by atoms with Gasteiger partial charge >= 0.3 is 0 Å². The van der Waals surface area contributed by atoms with Gasteiger partial charge in [0.1, 0.15) is 5.75 Å². The van der Waals surface area contributed by atoms with Gasteiger partial charge in [0.15, 0.2) is 0 Å². The minimum absolute atomic E-state index is 0.387. The molecule has 1 heterocycles. The maximum absolute atomic E-state index is 5.88. The molecule has 1 aromatic carbocycles. The van der Waals surface area contributed by atoms with Gasteiger partial charge in [0, 0.05) is 23.0 Å². The molecule has 4 heteroatoms. The van der Waals surface area contributed by atoms with Crippen molar-refractivity contribution in [2.24, 2.45) is 5.92 Å². The number of hydrogen-bond donors (Lipinski definition) is 1. The Morgan fingerprint density at radius 2 is 2.24 bits per heavy atom. The summed E-state index contributed by atoms with van der Waals surface area (Å²) in [5.74, 6) is 1.51. The number of benzene rings is 1. The van der Waals surface area contributed by atoms with Crippen LogP contribution >= 0.6 is 15.9 Å². The highest BCUT2D eigenvalue weighted by Gasteiger charge is 2.33. The highest BCUT2D eigenvalue weighted by atomic mass is 79.9. The average molecular weight is 356 g/mol. The van der Waals surface area contributed by atoms with E-state index in [1.54, 1.807) is 7.11 Å². The average Bonchev–Trinajstić information content (AvgIpc) is 2.97. The zero-order valence-electron chi connectivity index (χ0n) is 13.2. The molecule has 21 heavy (non-hydrogen) atoms. The molecule has 1 fully saturated rings. The normalized spacial score (nSPS) is 23.2. The van der Waals surface area contributed by atoms with Crippen LogP contribution in [0.1, 0.15) is 32.3 Å². The van der Waals surface area contributed by atoms with Crippen molar-refractivity contribution in [1.29, 1.82) is 0 Å². The van der Waals surface area contributed by atoms with E-state index >= 15 is 0 Å². The fourth-order valence-corrected chi connectivity index (χ4v) is 3.66. The molecule has 0 spiro atoms. The summed E-state index contributed by atoms with van der Waals surface area (Å²) in [6.45, 7) is 6.27. The molecule has 2 rings (SSSR count). The lowest BCUT2D eigenvalue weighted by Gasteiger charge is -2.28. The molecule has 0 bridgehead atoms. The standard InChI is InChI=1S/C17H26BrNO2/c1-4-17-14(8-9-21-17)16(19-5-2)11-12-10-13(20-3)6-7-15(12)18/h6-7,10,14,16-17,19H,4-5,8-9,11H2,1-3H3. The second kappa shape index (κ2) is 8.16. The maximum Gasteiger partial charge on any atom is 0.119 e. The Kier molecular flexibility index (Phi) is 6.52. The van der Waals surface area contributed by atoms with Crippen LogP contribution in [-0.4, -0.2) is 32.4 Å². The quantitative estimate of drug-likeness (QED) is 0.806. The van der Waals surface area contributed by atoms with Crippen LogP contribution in [0.3, 0.4) is 0 Å². The molecule has 0 saturated carbocycles. The topological polar surface area (TPSA) is 30.5 Å². The van der Waals surface area contributed by atoms with Gasteiger partial charge in [-0.3, -0.25) is 0 Å². The number of likely N-dealkylation sites (N-methyl/N-ethyl adjacent to an activating group) is 1. The summed E-state index contributed by atoms with van der Waals surface area (Å²) in [4.78, 5) is 0. The zero-order chi connectivity index (χ0) is 15.2. The summed E-state index contributed by atoms with van der Waals surface area (Å²) in [7, 11) is 1.71. The third kappa shape index (κ3) is 4.21. The lowest BCUT2D eigenvalue weighted by Crippen LogP contribution is -2.41. The van der Waals surface area contributed by atoms with Gasteiger partial charge in [-0.05, 0) is 49.6 Å². The predicted octanol–water partition coefficient (Wildman–Crippen LogP) is 3.79. The van der Waals surface area contributed by atoms with Crippen molar-refractivity contribution >= 4 is 15.9 Å². The Balaban J connectivity index is 2.15. The Labute approximate surface area is 136 Å². The van der Waals surface area contributed by atoms with Crippen LogP contribution < -0.4 is 10.1 Å². The van der Waals surface area contributed by atoms with Crippen molar-refractivity contribution in [2.45, 2.75) is 45.3 Å². The second-order valence-corrected chi connectivity index (χ2v) is 6.45. The molecule has 3 nitrogen and oxygen atoms in total. The van der Waals surface area contributed by atoms with Crippen molar-refractivity contribution in [3.8, 4) is 5.75 Å². The molecule has 1 N–H and O–H groups in total. The molecule has 1 aromatic rings. The smallest absolute Gasteiger partial charge is 0.119 e. The van der Waals surface area contributed by atoms with Crippen molar-refractivity contribution in [3.05, 3.63) is 28.2 Å². The highest BCUT2D eigenvalue weighted by molar-refractivity contribution is 9.10. The fourth-order valence-electron chi connectivity index (χ4n) is 3.25. The summed E-state index contributed by atoms with van der Waals surface area (Å²) < 4.78 is 12.4. The van der Waals surface area contributed by atoms with E-state index in [0.29, 0.717) is 18.1 Å². The van der Waals surface area contributed by atoms with Crippen LogP contribution in [0, 0.1) is 5.92 Å². The van der Waals surface area contributed by atoms with Crippen molar-refractivity contribution in [2.75, 3.05) is 20.3 Å². The van der Waals surface area contributed by atoms with Gasteiger partial charge in [-0.25, -0.2) is 0 Å². The Hall–Kier alpha value is -0.580. The molecule has 0 amide bonds. The van der Waals surface area contributed by atoms with Crippen LogP contribution in [0.4, 0.5) is 0 Å². The van der Waals surface area contributed by atoms with Gasteiger partial charge < -0.3 is 14.8 Å². The molecule has 0 aromatic heterocycles. The van der Waals surface area contributed by atoms with Gasteiger partial charge in [-0.2, -0.15) is 0 Å². The second-order valence-electron chi connectivity index (χ2n) is 5.60. The van der Waals surface area contributed by atoms with Crippen LogP contribution in [-0.2, 0) is 11.2 Å². The van der Waals surface area contributed by atoms with E-state index in [-0.39, 0.29) is 0 Å². The summed E-state index contributed by atoms with van der Waals surface area (Å²) >= 11 is 3.67. The summed E-state index contributed by atoms with van der Waals surface area (Å²) in [5.41, 5.74) is 1.29. The summed E-state index contributed by atoms with van der Waals surface area (Å²) in [6, 6.07) is 6.64. The van der Waals surface area contributed by atoms with E-state index in [1.165, 1.54) is 5.56 Å². The van der Waals surface area contributed by atoms with Crippen molar-refractivity contribution < 1.29 is 9.47 Å². The van der Waals surface area contributed by atoms with E-state index in [0.717, 1.165) is 42.6 Å². The minimum Gasteiger partial charge on any atom is -0.497 e. The SMILES string of the molecule is CCNC(Cc1cc(OC)ccc1Br)C1CCOC1CC. The van der Waals surface area contributed by atoms with Crippen LogP contribution in [0.5, 0.6) is 5.75 Å². The summed E-state index contributed by atoms with van der Waals surface area (Å²) in [6.07, 6.45) is 3.62. The number of hydrogen-bond acceptors (Lipinski definition) is 3. The van der Waals surface area contributed by atoms with Crippen LogP contribution in [0.25, 0.3) is 0 Å². The zero-order valence-corrected chi connectivity index (χ0v) is 14.8. The molecule has 1 aliphatic heterocycles. The first-order valence-electron chi connectivity index (χ1n) is 7.87. The first-order chi connectivity index (χ1) is 10.2. The Bertz CT molecular complexity index is 452. The lowest BCUT2D eigenvalue weighted by atomic mass is 9.87. The molecule has 118 valence electrons. The number of rotatable bonds is 7.